The molecule has 4 heteroatoms. The topological polar surface area (TPSA) is 29.5 Å². The molecule has 0 N–H and O–H groups in total. The van der Waals surface area contributed by atoms with Crippen molar-refractivity contribution in [3.05, 3.63) is 212 Å². The van der Waals surface area contributed by atoms with E-state index < -0.39 is 0 Å². The van der Waals surface area contributed by atoms with Crippen LogP contribution in [0.5, 0.6) is 0 Å². The number of benzene rings is 10. The summed E-state index contributed by atoms with van der Waals surface area (Å²) in [5, 5.41) is 9.44. The van der Waals surface area contributed by atoms with Crippen molar-refractivity contribution in [1.82, 2.24) is 0 Å². The van der Waals surface area contributed by atoms with Crippen LogP contribution in [0.25, 0.3) is 108 Å². The van der Waals surface area contributed by atoms with E-state index in [4.69, 9.17) is 8.83 Å². The number of para-hydroxylation sites is 4. The summed E-state index contributed by atoms with van der Waals surface area (Å²) in [4.78, 5) is 2.42. The summed E-state index contributed by atoms with van der Waals surface area (Å²) in [5.74, 6) is 0. The summed E-state index contributed by atoms with van der Waals surface area (Å²) < 4.78 is 15.6. The minimum Gasteiger partial charge on any atom is -0.455 e. The largest absolute Gasteiger partial charge is 0.455 e. The minimum absolute atomic E-state index is 0.902. The lowest BCUT2D eigenvalue weighted by Gasteiger charge is -2.27. The first-order valence-corrected chi connectivity index (χ1v) is 21.8. The Morgan fingerprint density at radius 1 is 0.339 bits per heavy atom. The molecule has 3 aromatic heterocycles. The predicted molar refractivity (Wildman–Crippen MR) is 262 cm³/mol. The van der Waals surface area contributed by atoms with Gasteiger partial charge in [0, 0.05) is 69.6 Å². The smallest absolute Gasteiger partial charge is 0.143 e. The molecule has 13 rings (SSSR count). The third-order valence-electron chi connectivity index (χ3n) is 12.5. The first-order chi connectivity index (χ1) is 30.7. The normalized spacial score (nSPS) is 11.9. The molecule has 3 heterocycles. The number of furan rings is 2. The maximum absolute atomic E-state index is 6.59. The number of hydrogen-bond acceptors (Lipinski definition) is 4. The summed E-state index contributed by atoms with van der Waals surface area (Å²) in [6.07, 6.45) is 0. The van der Waals surface area contributed by atoms with Gasteiger partial charge in [-0.05, 0) is 76.2 Å². The first-order valence-electron chi connectivity index (χ1n) is 21.0. The molecule has 0 amide bonds. The molecule has 10 aromatic carbocycles. The summed E-state index contributed by atoms with van der Waals surface area (Å²) >= 11 is 1.87. The molecule has 0 fully saturated rings. The van der Waals surface area contributed by atoms with Gasteiger partial charge < -0.3 is 13.7 Å². The van der Waals surface area contributed by atoms with E-state index in [1.165, 1.54) is 47.6 Å². The van der Waals surface area contributed by atoms with E-state index >= 15 is 0 Å². The molecule has 0 unspecified atom stereocenters. The quantitative estimate of drug-likeness (QED) is 0.168. The molecule has 13 aromatic rings. The Hall–Kier alpha value is -7.92. The Balaban J connectivity index is 1.01. The van der Waals surface area contributed by atoms with Crippen molar-refractivity contribution < 1.29 is 8.83 Å². The van der Waals surface area contributed by atoms with Gasteiger partial charge in [0.2, 0.25) is 0 Å². The van der Waals surface area contributed by atoms with Crippen LogP contribution in [0.4, 0.5) is 17.1 Å². The van der Waals surface area contributed by atoms with Crippen LogP contribution >= 0.6 is 11.3 Å². The van der Waals surface area contributed by atoms with Gasteiger partial charge in [0.05, 0.1) is 5.69 Å². The van der Waals surface area contributed by atoms with Gasteiger partial charge in [-0.15, -0.1) is 11.3 Å². The van der Waals surface area contributed by atoms with Gasteiger partial charge in [-0.1, -0.05) is 164 Å². The summed E-state index contributed by atoms with van der Waals surface area (Å²) in [5.41, 5.74) is 13.8. The zero-order valence-electron chi connectivity index (χ0n) is 33.4. The minimum atomic E-state index is 0.902. The SMILES string of the molecule is c1ccc(-c2ccc(N(c3ccc(-c4cccc5c4oc4ccccc45)cc3)c3cccc4ccc5c(sc6cccc(-c7cccc8c7oc7ccccc78)c65)c34)cc2)cc1. The highest BCUT2D eigenvalue weighted by Gasteiger charge is 2.22. The van der Waals surface area contributed by atoms with Crippen molar-refractivity contribution in [3.8, 4) is 33.4 Å². The van der Waals surface area contributed by atoms with E-state index in [-0.39, 0.29) is 0 Å². The van der Waals surface area contributed by atoms with Crippen molar-refractivity contribution in [1.29, 1.82) is 0 Å². The number of anilines is 3. The van der Waals surface area contributed by atoms with Crippen LogP contribution in [0.15, 0.2) is 221 Å². The predicted octanol–water partition coefficient (Wildman–Crippen LogP) is 17.5. The Bertz CT molecular complexity index is 3860. The van der Waals surface area contributed by atoms with Gasteiger partial charge in [0.25, 0.3) is 0 Å². The molecule has 0 radical (unpaired) electrons. The maximum atomic E-state index is 6.59. The molecule has 0 aliphatic carbocycles. The Labute approximate surface area is 360 Å². The zero-order chi connectivity index (χ0) is 40.7. The highest BCUT2D eigenvalue weighted by atomic mass is 32.1. The van der Waals surface area contributed by atoms with E-state index in [1.54, 1.807) is 0 Å². The number of hydrogen-bond donors (Lipinski definition) is 0. The van der Waals surface area contributed by atoms with Gasteiger partial charge in [-0.25, -0.2) is 0 Å². The van der Waals surface area contributed by atoms with Gasteiger partial charge in [0.1, 0.15) is 22.3 Å². The Morgan fingerprint density at radius 2 is 0.887 bits per heavy atom. The third kappa shape index (κ3) is 5.37. The number of fused-ring (bicyclic) bond motifs is 11. The molecule has 0 saturated carbocycles. The average molecular weight is 810 g/mol. The van der Waals surface area contributed by atoms with E-state index in [2.05, 4.69) is 199 Å². The molecular formula is C58H35NO2S. The Kier molecular flexibility index (Phi) is 7.78. The molecule has 0 atom stereocenters. The van der Waals surface area contributed by atoms with Crippen molar-refractivity contribution in [2.75, 3.05) is 4.90 Å². The third-order valence-corrected chi connectivity index (χ3v) is 13.7. The summed E-state index contributed by atoms with van der Waals surface area (Å²) in [7, 11) is 0. The van der Waals surface area contributed by atoms with E-state index in [0.717, 1.165) is 77.6 Å². The van der Waals surface area contributed by atoms with Crippen LogP contribution in [0.2, 0.25) is 0 Å². The fraction of sp³-hybridized carbons (Fsp3) is 0. The van der Waals surface area contributed by atoms with Crippen molar-refractivity contribution >= 4 is 103 Å². The molecule has 0 bridgehead atoms. The lowest BCUT2D eigenvalue weighted by molar-refractivity contribution is 0.669. The highest BCUT2D eigenvalue weighted by molar-refractivity contribution is 7.26. The van der Waals surface area contributed by atoms with Crippen molar-refractivity contribution in [2.24, 2.45) is 0 Å². The standard InChI is InChI=1S/C58H35NO2S/c1-2-12-36(13-3-1)37-26-31-40(32-27-37)59(41-33-28-38(29-34-41)42-17-9-19-46-43-15-4-6-23-51(43)60-56(42)46)50-22-8-14-39-30-35-49-55-45(18-11-25-53(55)62-58(49)54(39)50)48-21-10-20-47-44-16-5-7-24-52(44)61-57(47)48/h1-35H. The van der Waals surface area contributed by atoms with E-state index in [9.17, 15) is 0 Å². The number of nitrogens with zero attached hydrogens (tertiary/aromatic N) is 1. The fourth-order valence-electron chi connectivity index (χ4n) is 9.63. The van der Waals surface area contributed by atoms with Gasteiger partial charge in [-0.3, -0.25) is 0 Å². The second-order valence-corrected chi connectivity index (χ2v) is 17.0. The lowest BCUT2D eigenvalue weighted by Crippen LogP contribution is -2.10. The van der Waals surface area contributed by atoms with Crippen LogP contribution in [0.1, 0.15) is 0 Å². The highest BCUT2D eigenvalue weighted by Crippen LogP contribution is 2.49. The molecule has 62 heavy (non-hydrogen) atoms. The summed E-state index contributed by atoms with van der Waals surface area (Å²) in [6, 6.07) is 76.1. The molecule has 0 aliphatic heterocycles. The van der Waals surface area contributed by atoms with Gasteiger partial charge in [-0.2, -0.15) is 0 Å². The molecule has 3 nitrogen and oxygen atoms in total. The molecular weight excluding hydrogens is 775 g/mol. The van der Waals surface area contributed by atoms with Crippen LogP contribution in [0.3, 0.4) is 0 Å². The molecule has 0 spiro atoms. The van der Waals surface area contributed by atoms with E-state index in [1.807, 2.05) is 29.5 Å². The molecule has 0 saturated heterocycles. The summed E-state index contributed by atoms with van der Waals surface area (Å²) in [6.45, 7) is 0. The maximum Gasteiger partial charge on any atom is 0.143 e. The lowest BCUT2D eigenvalue weighted by atomic mass is 9.96. The first kappa shape index (κ1) is 34.9. The zero-order valence-corrected chi connectivity index (χ0v) is 34.2. The van der Waals surface area contributed by atoms with Crippen LogP contribution in [-0.4, -0.2) is 0 Å². The van der Waals surface area contributed by atoms with Gasteiger partial charge >= 0.3 is 0 Å². The molecule has 290 valence electrons. The van der Waals surface area contributed by atoms with Crippen molar-refractivity contribution in [2.45, 2.75) is 0 Å². The second kappa shape index (κ2) is 13.8. The Morgan fingerprint density at radius 3 is 1.60 bits per heavy atom. The van der Waals surface area contributed by atoms with Gasteiger partial charge in [0.15, 0.2) is 0 Å². The number of rotatable bonds is 6. The van der Waals surface area contributed by atoms with Crippen LogP contribution in [0, 0.1) is 0 Å². The average Bonchev–Trinajstić information content (AvgIpc) is 4.04. The van der Waals surface area contributed by atoms with Crippen molar-refractivity contribution in [3.63, 3.8) is 0 Å². The van der Waals surface area contributed by atoms with Crippen LogP contribution in [-0.2, 0) is 0 Å². The van der Waals surface area contributed by atoms with Crippen LogP contribution < -0.4 is 4.90 Å². The second-order valence-electron chi connectivity index (χ2n) is 16.0. The number of thiophene rings is 1. The monoisotopic (exact) mass is 809 g/mol. The fourth-order valence-corrected chi connectivity index (χ4v) is 10.9. The molecule has 0 aliphatic rings. The van der Waals surface area contributed by atoms with E-state index in [0.29, 0.717) is 0 Å².